The predicted molar refractivity (Wildman–Crippen MR) is 92.0 cm³/mol. The van der Waals surface area contributed by atoms with Crippen LogP contribution < -0.4 is 16.0 Å². The predicted octanol–water partition coefficient (Wildman–Crippen LogP) is 2.52. The smallest absolute Gasteiger partial charge is 0.315 e. The number of furan rings is 1. The maximum atomic E-state index is 12.9. The summed E-state index contributed by atoms with van der Waals surface area (Å²) in [4.78, 5) is 23.8. The van der Waals surface area contributed by atoms with Crippen LogP contribution in [0.2, 0.25) is 0 Å². The molecule has 26 heavy (non-hydrogen) atoms. The molecule has 0 unspecified atom stereocenters. The Morgan fingerprint density at radius 1 is 1.08 bits per heavy atom. The summed E-state index contributed by atoms with van der Waals surface area (Å²) in [6.07, 6.45) is 1.52. The van der Waals surface area contributed by atoms with Gasteiger partial charge in [-0.25, -0.2) is 9.18 Å². The van der Waals surface area contributed by atoms with E-state index in [1.165, 1.54) is 30.5 Å². The van der Waals surface area contributed by atoms with Crippen molar-refractivity contribution >= 4 is 29.0 Å². The van der Waals surface area contributed by atoms with Gasteiger partial charge >= 0.3 is 6.03 Å². The number of amides is 3. The number of urea groups is 1. The Balaban J connectivity index is 1.47. The van der Waals surface area contributed by atoms with Crippen molar-refractivity contribution in [3.63, 3.8) is 0 Å². The summed E-state index contributed by atoms with van der Waals surface area (Å²) >= 11 is 1.05. The quantitative estimate of drug-likeness (QED) is 0.613. The first-order chi connectivity index (χ1) is 12.6. The molecule has 0 saturated carbocycles. The number of nitrogens with zero attached hydrogens (tertiary/aromatic N) is 2. The zero-order valence-electron chi connectivity index (χ0n) is 13.4. The van der Waals surface area contributed by atoms with Crippen molar-refractivity contribution in [2.24, 2.45) is 0 Å². The van der Waals surface area contributed by atoms with Gasteiger partial charge in [-0.15, -0.1) is 10.2 Å². The van der Waals surface area contributed by atoms with E-state index in [9.17, 15) is 14.0 Å². The summed E-state index contributed by atoms with van der Waals surface area (Å²) in [7, 11) is 0. The minimum Gasteiger partial charge on any atom is -0.467 e. The van der Waals surface area contributed by atoms with Gasteiger partial charge in [0.2, 0.25) is 5.01 Å². The van der Waals surface area contributed by atoms with Crippen LogP contribution in [0.25, 0.3) is 0 Å². The van der Waals surface area contributed by atoms with Crippen LogP contribution in [0.5, 0.6) is 0 Å². The Morgan fingerprint density at radius 3 is 2.58 bits per heavy atom. The molecule has 1 aromatic carbocycles. The van der Waals surface area contributed by atoms with Crippen molar-refractivity contribution < 1.29 is 18.4 Å². The molecule has 0 aliphatic rings. The molecule has 134 valence electrons. The molecule has 0 radical (unpaired) electrons. The van der Waals surface area contributed by atoms with Gasteiger partial charge in [0.25, 0.3) is 5.91 Å². The number of hydrogen-bond donors (Lipinski definition) is 3. The van der Waals surface area contributed by atoms with E-state index in [0.717, 1.165) is 11.3 Å². The van der Waals surface area contributed by atoms with E-state index in [1.54, 1.807) is 12.1 Å². The van der Waals surface area contributed by atoms with E-state index in [0.29, 0.717) is 16.5 Å². The standard InChI is InChI=1S/C16H14FN5O3S/c17-10-3-5-11(6-4-10)20-14(23)15-22-21-13(26-15)9-19-16(24)18-8-12-2-1-7-25-12/h1-7H,8-9H2,(H,20,23)(H2,18,19,24). The molecule has 10 heteroatoms. The summed E-state index contributed by atoms with van der Waals surface area (Å²) in [6, 6.07) is 8.46. The van der Waals surface area contributed by atoms with E-state index < -0.39 is 17.8 Å². The van der Waals surface area contributed by atoms with Gasteiger partial charge in [-0.1, -0.05) is 11.3 Å². The summed E-state index contributed by atoms with van der Waals surface area (Å²) in [5.74, 6) is -0.212. The first kappa shape index (κ1) is 17.5. The van der Waals surface area contributed by atoms with E-state index in [4.69, 9.17) is 4.42 Å². The normalized spacial score (nSPS) is 10.3. The van der Waals surface area contributed by atoms with Crippen LogP contribution in [0, 0.1) is 5.82 Å². The van der Waals surface area contributed by atoms with Gasteiger partial charge in [-0.05, 0) is 36.4 Å². The minimum absolute atomic E-state index is 0.130. The van der Waals surface area contributed by atoms with Gasteiger partial charge in [-0.3, -0.25) is 4.79 Å². The van der Waals surface area contributed by atoms with Gasteiger partial charge in [-0.2, -0.15) is 0 Å². The van der Waals surface area contributed by atoms with Gasteiger partial charge < -0.3 is 20.4 Å². The summed E-state index contributed by atoms with van der Waals surface area (Å²) in [5, 5.41) is 16.1. The molecule has 0 fully saturated rings. The average Bonchev–Trinajstić information content (AvgIpc) is 3.32. The van der Waals surface area contributed by atoms with Crippen molar-refractivity contribution in [3.8, 4) is 0 Å². The fourth-order valence-electron chi connectivity index (χ4n) is 1.93. The van der Waals surface area contributed by atoms with Crippen LogP contribution in [0.3, 0.4) is 0 Å². The second-order valence-electron chi connectivity index (χ2n) is 5.08. The Kier molecular flexibility index (Phi) is 5.54. The van der Waals surface area contributed by atoms with Gasteiger partial charge in [0, 0.05) is 5.69 Å². The van der Waals surface area contributed by atoms with Crippen LogP contribution in [0.4, 0.5) is 14.9 Å². The van der Waals surface area contributed by atoms with E-state index in [2.05, 4.69) is 26.1 Å². The van der Waals surface area contributed by atoms with Crippen LogP contribution in [-0.2, 0) is 13.1 Å². The zero-order valence-corrected chi connectivity index (χ0v) is 14.2. The highest BCUT2D eigenvalue weighted by atomic mass is 32.1. The van der Waals surface area contributed by atoms with Gasteiger partial charge in [0.15, 0.2) is 0 Å². The molecular weight excluding hydrogens is 361 g/mol. The number of anilines is 1. The van der Waals surface area contributed by atoms with Crippen molar-refractivity contribution in [3.05, 3.63) is 64.3 Å². The fourth-order valence-corrected chi connectivity index (χ4v) is 2.61. The highest BCUT2D eigenvalue weighted by molar-refractivity contribution is 7.13. The molecule has 2 aromatic heterocycles. The van der Waals surface area contributed by atoms with Crippen LogP contribution >= 0.6 is 11.3 Å². The number of nitrogens with one attached hydrogen (secondary N) is 3. The Morgan fingerprint density at radius 2 is 1.85 bits per heavy atom. The highest BCUT2D eigenvalue weighted by Crippen LogP contribution is 2.14. The van der Waals surface area contributed by atoms with Crippen LogP contribution in [0.1, 0.15) is 20.6 Å². The summed E-state index contributed by atoms with van der Waals surface area (Å²) < 4.78 is 18.0. The highest BCUT2D eigenvalue weighted by Gasteiger charge is 2.13. The Hall–Kier alpha value is -3.27. The molecular formula is C16H14FN5O3S. The SMILES string of the molecule is O=C(NCc1ccco1)NCc1nnc(C(=O)Nc2ccc(F)cc2)s1. The van der Waals surface area contributed by atoms with Gasteiger partial charge in [0.1, 0.15) is 16.6 Å². The number of carbonyl (C=O) groups is 2. The second kappa shape index (κ2) is 8.21. The third-order valence-electron chi connectivity index (χ3n) is 3.17. The lowest BCUT2D eigenvalue weighted by molar-refractivity contribution is 0.102. The lowest BCUT2D eigenvalue weighted by Gasteiger charge is -2.04. The number of benzene rings is 1. The van der Waals surface area contributed by atoms with Crippen LogP contribution in [0.15, 0.2) is 47.1 Å². The molecule has 8 nitrogen and oxygen atoms in total. The summed E-state index contributed by atoms with van der Waals surface area (Å²) in [5.41, 5.74) is 0.448. The molecule has 3 aromatic rings. The molecule has 0 aliphatic carbocycles. The van der Waals surface area contributed by atoms with E-state index >= 15 is 0 Å². The van der Waals surface area contributed by atoms with Crippen molar-refractivity contribution in [1.82, 2.24) is 20.8 Å². The monoisotopic (exact) mass is 375 g/mol. The molecule has 3 N–H and O–H groups in total. The molecule has 0 spiro atoms. The molecule has 2 heterocycles. The number of halogens is 1. The molecule has 0 bridgehead atoms. The maximum Gasteiger partial charge on any atom is 0.315 e. The molecule has 3 amide bonds. The Labute approximate surface area is 151 Å². The fraction of sp³-hybridized carbons (Fsp3) is 0.125. The van der Waals surface area contributed by atoms with Crippen molar-refractivity contribution in [2.75, 3.05) is 5.32 Å². The lowest BCUT2D eigenvalue weighted by Crippen LogP contribution is -2.34. The first-order valence-corrected chi connectivity index (χ1v) is 8.35. The van der Waals surface area contributed by atoms with Crippen molar-refractivity contribution in [2.45, 2.75) is 13.1 Å². The largest absolute Gasteiger partial charge is 0.467 e. The zero-order chi connectivity index (χ0) is 18.4. The van der Waals surface area contributed by atoms with Crippen molar-refractivity contribution in [1.29, 1.82) is 0 Å². The maximum absolute atomic E-state index is 12.9. The molecule has 0 aliphatic heterocycles. The molecule has 3 rings (SSSR count). The van der Waals surface area contributed by atoms with E-state index in [-0.39, 0.29) is 18.1 Å². The number of aromatic nitrogens is 2. The van der Waals surface area contributed by atoms with Crippen LogP contribution in [-0.4, -0.2) is 22.1 Å². The average molecular weight is 375 g/mol. The number of hydrogen-bond acceptors (Lipinski definition) is 6. The third kappa shape index (κ3) is 4.86. The Bertz CT molecular complexity index is 880. The van der Waals surface area contributed by atoms with Gasteiger partial charge in [0.05, 0.1) is 19.4 Å². The number of carbonyl (C=O) groups excluding carboxylic acids is 2. The number of rotatable bonds is 6. The first-order valence-electron chi connectivity index (χ1n) is 7.53. The second-order valence-corrected chi connectivity index (χ2v) is 6.14. The third-order valence-corrected chi connectivity index (χ3v) is 4.09. The lowest BCUT2D eigenvalue weighted by atomic mass is 10.3. The minimum atomic E-state index is -0.456. The topological polar surface area (TPSA) is 109 Å². The molecule has 0 atom stereocenters. The van der Waals surface area contributed by atoms with E-state index in [1.807, 2.05) is 0 Å². The molecule has 0 saturated heterocycles. The summed E-state index contributed by atoms with van der Waals surface area (Å²) in [6.45, 7) is 0.395.